The molecule has 0 N–H and O–H groups in total. The van der Waals surface area contributed by atoms with Gasteiger partial charge in [0.2, 0.25) is 0 Å². The molecule has 3 rings (SSSR count). The quantitative estimate of drug-likeness (QED) is 0.449. The zero-order valence-electron chi connectivity index (χ0n) is 17.7. The molecular formula is C24H34N2. The van der Waals surface area contributed by atoms with Crippen molar-refractivity contribution in [1.29, 1.82) is 0 Å². The Morgan fingerprint density at radius 3 is 0.885 bits per heavy atom. The Balaban J connectivity index is 0.000000344. The fourth-order valence-electron chi connectivity index (χ4n) is 1.72. The third kappa shape index (κ3) is 12.0. The highest BCUT2D eigenvalue weighted by Gasteiger charge is 1.82. The summed E-state index contributed by atoms with van der Waals surface area (Å²) in [6.07, 6.45) is 3.74. The lowest BCUT2D eigenvalue weighted by molar-refractivity contribution is 1.17. The monoisotopic (exact) mass is 350 g/mol. The van der Waals surface area contributed by atoms with Crippen molar-refractivity contribution in [2.75, 3.05) is 0 Å². The van der Waals surface area contributed by atoms with E-state index in [-0.39, 0.29) is 0 Å². The molecule has 2 aromatic heterocycles. The summed E-state index contributed by atoms with van der Waals surface area (Å²) >= 11 is 0. The minimum Gasteiger partial charge on any atom is -0.261 e. The van der Waals surface area contributed by atoms with Gasteiger partial charge in [-0.1, -0.05) is 61.4 Å². The van der Waals surface area contributed by atoms with Gasteiger partial charge in [-0.25, -0.2) is 0 Å². The molecule has 2 heterocycles. The van der Waals surface area contributed by atoms with Crippen LogP contribution >= 0.6 is 0 Å². The van der Waals surface area contributed by atoms with E-state index in [1.54, 1.807) is 0 Å². The van der Waals surface area contributed by atoms with Crippen LogP contribution in [0.1, 0.15) is 47.5 Å². The first kappa shape index (κ1) is 23.5. The van der Waals surface area contributed by atoms with Gasteiger partial charge in [0.05, 0.1) is 0 Å². The number of hydrogen-bond acceptors (Lipinski definition) is 2. The molecule has 140 valence electrons. The van der Waals surface area contributed by atoms with Gasteiger partial charge in [-0.3, -0.25) is 9.97 Å². The van der Waals surface area contributed by atoms with Crippen LogP contribution < -0.4 is 0 Å². The molecule has 0 aliphatic rings. The highest BCUT2D eigenvalue weighted by molar-refractivity contribution is 5.19. The molecule has 0 bridgehead atoms. The van der Waals surface area contributed by atoms with Crippen molar-refractivity contribution in [3.05, 3.63) is 94.6 Å². The number of nitrogens with zero attached hydrogens (tertiary/aromatic N) is 2. The molecule has 2 heteroatoms. The fourth-order valence-corrected chi connectivity index (χ4v) is 1.72. The number of benzene rings is 1. The molecule has 2 nitrogen and oxygen atoms in total. The molecule has 0 unspecified atom stereocenters. The molecule has 0 amide bonds. The van der Waals surface area contributed by atoms with Crippen LogP contribution in [0.2, 0.25) is 0 Å². The van der Waals surface area contributed by atoms with Gasteiger partial charge >= 0.3 is 0 Å². The minimum absolute atomic E-state index is 1.08. The highest BCUT2D eigenvalue weighted by Crippen LogP contribution is 1.99. The van der Waals surface area contributed by atoms with Gasteiger partial charge in [0, 0.05) is 23.8 Å². The molecule has 0 atom stereocenters. The summed E-state index contributed by atoms with van der Waals surface area (Å²) in [4.78, 5) is 8.16. The maximum Gasteiger partial charge on any atom is 0.0372 e. The first-order chi connectivity index (χ1) is 12.4. The normalized spacial score (nSPS) is 8.77. The van der Waals surface area contributed by atoms with Gasteiger partial charge in [-0.05, 0) is 64.8 Å². The van der Waals surface area contributed by atoms with Gasteiger partial charge in [-0.2, -0.15) is 0 Å². The van der Waals surface area contributed by atoms with Gasteiger partial charge in [0.15, 0.2) is 0 Å². The lowest BCUT2D eigenvalue weighted by atomic mass is 10.2. The first-order valence-corrected chi connectivity index (χ1v) is 9.18. The molecule has 26 heavy (non-hydrogen) atoms. The van der Waals surface area contributed by atoms with Crippen LogP contribution in [0, 0.1) is 41.5 Å². The average Bonchev–Trinajstić information content (AvgIpc) is 2.65. The highest BCUT2D eigenvalue weighted by atomic mass is 14.7. The SMILES string of the molecule is CC.Cc1ccc(C)cc1.Cc1ccc(C)nc1.Cc1ccc(C)nc1. The zero-order valence-corrected chi connectivity index (χ0v) is 17.7. The van der Waals surface area contributed by atoms with E-state index in [1.807, 2.05) is 66.1 Å². The zero-order chi connectivity index (χ0) is 19.9. The van der Waals surface area contributed by atoms with Crippen LogP contribution in [0.3, 0.4) is 0 Å². The van der Waals surface area contributed by atoms with Crippen molar-refractivity contribution in [2.45, 2.75) is 55.4 Å². The van der Waals surface area contributed by atoms with Crippen LogP contribution in [0.4, 0.5) is 0 Å². The van der Waals surface area contributed by atoms with Gasteiger partial charge in [0.25, 0.3) is 0 Å². The van der Waals surface area contributed by atoms with Crippen molar-refractivity contribution in [3.8, 4) is 0 Å². The predicted molar refractivity (Wildman–Crippen MR) is 115 cm³/mol. The Hall–Kier alpha value is -2.48. The van der Waals surface area contributed by atoms with Crippen molar-refractivity contribution in [1.82, 2.24) is 9.97 Å². The lowest BCUT2D eigenvalue weighted by Crippen LogP contribution is -1.78. The molecule has 0 saturated heterocycles. The second kappa shape index (κ2) is 13.8. The van der Waals surface area contributed by atoms with E-state index in [1.165, 1.54) is 22.3 Å². The second-order valence-corrected chi connectivity index (χ2v) is 6.11. The molecule has 0 radical (unpaired) electrons. The van der Waals surface area contributed by atoms with E-state index in [0.29, 0.717) is 0 Å². The van der Waals surface area contributed by atoms with Gasteiger partial charge < -0.3 is 0 Å². The molecule has 0 fully saturated rings. The molecule has 0 spiro atoms. The van der Waals surface area contributed by atoms with Crippen molar-refractivity contribution in [2.24, 2.45) is 0 Å². The Labute approximate surface area is 160 Å². The standard InChI is InChI=1S/C8H10.2C7H9N.C2H6/c1-7-3-5-8(2)6-4-7;2*1-6-3-4-7(2)8-5-6;1-2/h3-6H,1-2H3;2*3-5H,1-2H3;1-2H3. The second-order valence-electron chi connectivity index (χ2n) is 6.11. The summed E-state index contributed by atoms with van der Waals surface area (Å²) in [6.45, 7) is 16.2. The minimum atomic E-state index is 1.08. The van der Waals surface area contributed by atoms with Crippen LogP contribution in [0.5, 0.6) is 0 Å². The summed E-state index contributed by atoms with van der Waals surface area (Å²) in [5, 5.41) is 0. The van der Waals surface area contributed by atoms with Crippen LogP contribution in [-0.4, -0.2) is 9.97 Å². The van der Waals surface area contributed by atoms with Crippen LogP contribution in [0.25, 0.3) is 0 Å². The number of hydrogen-bond donors (Lipinski definition) is 0. The van der Waals surface area contributed by atoms with E-state index >= 15 is 0 Å². The third-order valence-electron chi connectivity index (χ3n) is 3.34. The van der Waals surface area contributed by atoms with Gasteiger partial charge in [-0.15, -0.1) is 0 Å². The first-order valence-electron chi connectivity index (χ1n) is 9.18. The van der Waals surface area contributed by atoms with E-state index in [0.717, 1.165) is 11.4 Å². The summed E-state index contributed by atoms with van der Waals surface area (Å²) in [5.41, 5.74) is 7.25. The van der Waals surface area contributed by atoms with Crippen LogP contribution in [0.15, 0.2) is 60.9 Å². The lowest BCUT2D eigenvalue weighted by Gasteiger charge is -1.90. The number of pyridine rings is 2. The molecule has 0 saturated carbocycles. The fraction of sp³-hybridized carbons (Fsp3) is 0.333. The van der Waals surface area contributed by atoms with Crippen molar-refractivity contribution in [3.63, 3.8) is 0 Å². The largest absolute Gasteiger partial charge is 0.261 e. The molecule has 0 aliphatic heterocycles. The maximum absolute atomic E-state index is 4.08. The Morgan fingerprint density at radius 1 is 0.423 bits per heavy atom. The summed E-state index contributed by atoms with van der Waals surface area (Å²) in [7, 11) is 0. The third-order valence-corrected chi connectivity index (χ3v) is 3.34. The Kier molecular flexibility index (Phi) is 12.5. The number of aryl methyl sites for hydroxylation is 6. The maximum atomic E-state index is 4.08. The molecule has 0 aliphatic carbocycles. The number of aromatic nitrogens is 2. The van der Waals surface area contributed by atoms with Gasteiger partial charge in [0.1, 0.15) is 0 Å². The number of rotatable bonds is 0. The van der Waals surface area contributed by atoms with E-state index in [4.69, 9.17) is 0 Å². The topological polar surface area (TPSA) is 25.8 Å². The molecule has 1 aromatic carbocycles. The Bertz CT molecular complexity index is 530. The van der Waals surface area contributed by atoms with E-state index in [2.05, 4.69) is 60.2 Å². The summed E-state index contributed by atoms with van der Waals surface area (Å²) in [5.74, 6) is 0. The van der Waals surface area contributed by atoms with Crippen LogP contribution in [-0.2, 0) is 0 Å². The summed E-state index contributed by atoms with van der Waals surface area (Å²) < 4.78 is 0. The Morgan fingerprint density at radius 2 is 0.692 bits per heavy atom. The molecule has 3 aromatic rings. The van der Waals surface area contributed by atoms with E-state index in [9.17, 15) is 0 Å². The summed E-state index contributed by atoms with van der Waals surface area (Å²) in [6, 6.07) is 16.6. The smallest absolute Gasteiger partial charge is 0.0372 e. The average molecular weight is 351 g/mol. The predicted octanol–water partition coefficient (Wildman–Crippen LogP) is 6.73. The van der Waals surface area contributed by atoms with E-state index < -0.39 is 0 Å². The molecular weight excluding hydrogens is 316 g/mol. The van der Waals surface area contributed by atoms with Crippen molar-refractivity contribution >= 4 is 0 Å². The van der Waals surface area contributed by atoms with Crippen molar-refractivity contribution < 1.29 is 0 Å².